The quantitative estimate of drug-likeness (QED) is 0.491. The molecular weight excluding hydrogens is 265 g/mol. The van der Waals surface area contributed by atoms with E-state index < -0.39 is 11.7 Å². The van der Waals surface area contributed by atoms with Crippen LogP contribution in [0, 0.1) is 0 Å². The number of hydrazine groups is 1. The molecule has 0 aliphatic carbocycles. The zero-order valence-electron chi connectivity index (χ0n) is 10.1. The molecule has 18 heavy (non-hydrogen) atoms. The van der Waals surface area contributed by atoms with Crippen molar-refractivity contribution in [2.75, 3.05) is 31.8 Å². The molecule has 0 aliphatic heterocycles. The van der Waals surface area contributed by atoms with E-state index in [1.54, 1.807) is 0 Å². The van der Waals surface area contributed by atoms with Gasteiger partial charge in [0.2, 0.25) is 0 Å². The van der Waals surface area contributed by atoms with E-state index in [1.165, 1.54) is 11.8 Å². The van der Waals surface area contributed by atoms with Crippen LogP contribution >= 0.6 is 11.8 Å². The number of anilines is 1. The predicted molar refractivity (Wildman–Crippen MR) is 66.3 cm³/mol. The molecule has 0 aromatic carbocycles. The second-order valence-electron chi connectivity index (χ2n) is 3.87. The number of aromatic nitrogens is 1. The van der Waals surface area contributed by atoms with Gasteiger partial charge in [0.25, 0.3) is 0 Å². The number of halogens is 3. The monoisotopic (exact) mass is 280 g/mol. The van der Waals surface area contributed by atoms with Gasteiger partial charge in [-0.15, -0.1) is 11.8 Å². The molecule has 8 heteroatoms. The van der Waals surface area contributed by atoms with Crippen LogP contribution in [0.2, 0.25) is 0 Å². The summed E-state index contributed by atoms with van der Waals surface area (Å²) < 4.78 is 37.9. The first-order valence-electron chi connectivity index (χ1n) is 5.16. The van der Waals surface area contributed by atoms with Gasteiger partial charge in [-0.2, -0.15) is 13.2 Å². The Labute approximate surface area is 108 Å². The Bertz CT molecular complexity index is 395. The highest BCUT2D eigenvalue weighted by molar-refractivity contribution is 7.99. The lowest BCUT2D eigenvalue weighted by molar-refractivity contribution is -0.137. The second kappa shape index (κ2) is 6.26. The largest absolute Gasteiger partial charge is 0.416 e. The lowest BCUT2D eigenvalue weighted by atomic mass is 10.2. The third kappa shape index (κ3) is 4.71. The molecular formula is C10H15F3N4S. The minimum absolute atomic E-state index is 0.0113. The van der Waals surface area contributed by atoms with Gasteiger partial charge in [-0.1, -0.05) is 0 Å². The first-order valence-corrected chi connectivity index (χ1v) is 6.15. The van der Waals surface area contributed by atoms with E-state index in [-0.39, 0.29) is 5.82 Å². The molecule has 0 saturated carbocycles. The number of nitrogens with one attached hydrogen (secondary N) is 1. The Morgan fingerprint density at radius 2 is 2.06 bits per heavy atom. The number of hydrogen-bond acceptors (Lipinski definition) is 5. The van der Waals surface area contributed by atoms with E-state index in [0.717, 1.165) is 18.7 Å². The van der Waals surface area contributed by atoms with Crippen molar-refractivity contribution in [2.45, 2.75) is 11.2 Å². The van der Waals surface area contributed by atoms with Crippen LogP contribution in [0.3, 0.4) is 0 Å². The minimum Gasteiger partial charge on any atom is -0.309 e. The van der Waals surface area contributed by atoms with Gasteiger partial charge in [-0.05, 0) is 26.2 Å². The third-order valence-electron chi connectivity index (χ3n) is 2.07. The number of nitrogen functional groups attached to an aromatic ring is 1. The maximum atomic E-state index is 12.6. The second-order valence-corrected chi connectivity index (χ2v) is 4.99. The van der Waals surface area contributed by atoms with Crippen LogP contribution in [0.15, 0.2) is 17.2 Å². The molecule has 0 aliphatic rings. The lowest BCUT2D eigenvalue weighted by Gasteiger charge is -2.12. The van der Waals surface area contributed by atoms with Crippen LogP contribution in [0.25, 0.3) is 0 Å². The molecule has 1 heterocycles. The number of nitrogens with zero attached hydrogens (tertiary/aromatic N) is 2. The fraction of sp³-hybridized carbons (Fsp3) is 0.500. The summed E-state index contributed by atoms with van der Waals surface area (Å²) >= 11 is 1.26. The molecule has 3 N–H and O–H groups in total. The van der Waals surface area contributed by atoms with Crippen LogP contribution in [-0.4, -0.2) is 36.3 Å². The highest BCUT2D eigenvalue weighted by atomic mass is 32.2. The lowest BCUT2D eigenvalue weighted by Crippen LogP contribution is -2.15. The number of pyridine rings is 1. The molecule has 0 amide bonds. The molecule has 0 spiro atoms. The molecule has 0 fully saturated rings. The number of nitrogens with two attached hydrogens (primary N) is 1. The zero-order valence-corrected chi connectivity index (χ0v) is 10.9. The molecule has 0 unspecified atom stereocenters. The van der Waals surface area contributed by atoms with Crippen molar-refractivity contribution in [1.82, 2.24) is 9.88 Å². The van der Waals surface area contributed by atoms with E-state index in [2.05, 4.69) is 10.4 Å². The first kappa shape index (κ1) is 15.1. The highest BCUT2D eigenvalue weighted by Crippen LogP contribution is 2.32. The van der Waals surface area contributed by atoms with Crippen LogP contribution in [-0.2, 0) is 6.18 Å². The Morgan fingerprint density at radius 1 is 1.39 bits per heavy atom. The van der Waals surface area contributed by atoms with E-state index in [0.29, 0.717) is 10.8 Å². The summed E-state index contributed by atoms with van der Waals surface area (Å²) in [5.74, 6) is 5.78. The SMILES string of the molecule is CN(C)CCSc1cc(C(F)(F)F)cc(NN)n1. The Balaban J connectivity index is 2.84. The fourth-order valence-corrected chi connectivity index (χ4v) is 2.19. The van der Waals surface area contributed by atoms with E-state index in [1.807, 2.05) is 19.0 Å². The molecule has 0 saturated heterocycles. The van der Waals surface area contributed by atoms with Gasteiger partial charge >= 0.3 is 6.18 Å². The molecule has 0 atom stereocenters. The minimum atomic E-state index is -4.40. The Hall–Kier alpha value is -0.990. The summed E-state index contributed by atoms with van der Waals surface area (Å²) in [6.07, 6.45) is -4.40. The van der Waals surface area contributed by atoms with Crippen LogP contribution in [0.5, 0.6) is 0 Å². The van der Waals surface area contributed by atoms with Crippen molar-refractivity contribution in [2.24, 2.45) is 5.84 Å². The van der Waals surface area contributed by atoms with Gasteiger partial charge in [0.15, 0.2) is 0 Å². The number of thioether (sulfide) groups is 1. The van der Waals surface area contributed by atoms with E-state index >= 15 is 0 Å². The maximum Gasteiger partial charge on any atom is 0.416 e. The smallest absolute Gasteiger partial charge is 0.309 e. The van der Waals surface area contributed by atoms with Gasteiger partial charge in [0.1, 0.15) is 5.82 Å². The highest BCUT2D eigenvalue weighted by Gasteiger charge is 2.31. The van der Waals surface area contributed by atoms with Gasteiger partial charge < -0.3 is 10.3 Å². The van der Waals surface area contributed by atoms with Crippen LogP contribution in [0.4, 0.5) is 19.0 Å². The van der Waals surface area contributed by atoms with Crippen molar-refractivity contribution in [3.05, 3.63) is 17.7 Å². The Morgan fingerprint density at radius 3 is 2.56 bits per heavy atom. The maximum absolute atomic E-state index is 12.6. The summed E-state index contributed by atoms with van der Waals surface area (Å²) in [5.41, 5.74) is 1.39. The van der Waals surface area contributed by atoms with Gasteiger partial charge in [0.05, 0.1) is 10.6 Å². The predicted octanol–water partition coefficient (Wildman–Crippen LogP) is 2.04. The summed E-state index contributed by atoms with van der Waals surface area (Å²) in [6.45, 7) is 0.758. The average molecular weight is 280 g/mol. The topological polar surface area (TPSA) is 54.2 Å². The Kier molecular flexibility index (Phi) is 5.24. The molecule has 1 rings (SSSR count). The molecule has 4 nitrogen and oxygen atoms in total. The molecule has 1 aromatic heterocycles. The van der Waals surface area contributed by atoms with Crippen molar-refractivity contribution in [1.29, 1.82) is 0 Å². The average Bonchev–Trinajstić information content (AvgIpc) is 2.27. The van der Waals surface area contributed by atoms with Crippen molar-refractivity contribution < 1.29 is 13.2 Å². The molecule has 0 radical (unpaired) electrons. The summed E-state index contributed by atoms with van der Waals surface area (Å²) in [6, 6.07) is 1.91. The molecule has 0 bridgehead atoms. The van der Waals surface area contributed by atoms with Crippen LogP contribution < -0.4 is 11.3 Å². The zero-order chi connectivity index (χ0) is 13.8. The molecule has 102 valence electrons. The van der Waals surface area contributed by atoms with Gasteiger partial charge in [0, 0.05) is 12.3 Å². The summed E-state index contributed by atoms with van der Waals surface area (Å²) in [4.78, 5) is 5.92. The number of hydrogen-bond donors (Lipinski definition) is 2. The van der Waals surface area contributed by atoms with Gasteiger partial charge in [-0.25, -0.2) is 10.8 Å². The summed E-state index contributed by atoms with van der Waals surface area (Å²) in [7, 11) is 3.79. The van der Waals surface area contributed by atoms with Crippen molar-refractivity contribution in [3.63, 3.8) is 0 Å². The first-order chi connectivity index (χ1) is 8.32. The van der Waals surface area contributed by atoms with E-state index in [4.69, 9.17) is 5.84 Å². The number of rotatable bonds is 5. The van der Waals surface area contributed by atoms with Crippen molar-refractivity contribution in [3.8, 4) is 0 Å². The standard InChI is InChI=1S/C10H15F3N4S/c1-17(2)3-4-18-9-6-7(10(11,12)13)5-8(15-9)16-14/h5-6H,3-4,14H2,1-2H3,(H,15,16). The summed E-state index contributed by atoms with van der Waals surface area (Å²) in [5, 5.41) is 0.305. The normalized spacial score (nSPS) is 11.9. The van der Waals surface area contributed by atoms with E-state index in [9.17, 15) is 13.2 Å². The fourth-order valence-electron chi connectivity index (χ4n) is 1.15. The van der Waals surface area contributed by atoms with Gasteiger partial charge in [-0.3, -0.25) is 0 Å². The number of alkyl halides is 3. The van der Waals surface area contributed by atoms with Crippen molar-refractivity contribution >= 4 is 17.6 Å². The molecule has 1 aromatic rings. The van der Waals surface area contributed by atoms with Crippen LogP contribution in [0.1, 0.15) is 5.56 Å². The third-order valence-corrected chi connectivity index (χ3v) is 2.96.